The molecule has 3 aromatic rings. The van der Waals surface area contributed by atoms with E-state index in [0.29, 0.717) is 0 Å². The molecule has 0 bridgehead atoms. The Morgan fingerprint density at radius 2 is 2.10 bits per heavy atom. The van der Waals surface area contributed by atoms with Gasteiger partial charge < -0.3 is 5.11 Å². The highest BCUT2D eigenvalue weighted by Crippen LogP contribution is 2.30. The third-order valence-corrected chi connectivity index (χ3v) is 5.03. The molecular weight excluding hydrogens is 300 g/mol. The lowest BCUT2D eigenvalue weighted by Gasteiger charge is -2.04. The van der Waals surface area contributed by atoms with Crippen molar-refractivity contribution in [1.82, 2.24) is 9.97 Å². The van der Waals surface area contributed by atoms with Crippen molar-refractivity contribution < 1.29 is 5.11 Å². The van der Waals surface area contributed by atoms with Crippen molar-refractivity contribution in [3.05, 3.63) is 52.5 Å². The van der Waals surface area contributed by atoms with Crippen LogP contribution in [0.4, 0.5) is 0 Å². The molecule has 0 aliphatic rings. The maximum Gasteiger partial charge on any atom is 0.117 e. The molecule has 21 heavy (non-hydrogen) atoms. The molecule has 0 atom stereocenters. The summed E-state index contributed by atoms with van der Waals surface area (Å²) in [5.41, 5.74) is 1.95. The van der Waals surface area contributed by atoms with E-state index in [1.807, 2.05) is 35.7 Å². The highest BCUT2D eigenvalue weighted by molar-refractivity contribution is 7.98. The molecule has 0 radical (unpaired) electrons. The minimum atomic E-state index is -0.112. The lowest BCUT2D eigenvalue weighted by Crippen LogP contribution is -1.88. The molecule has 5 heteroatoms. The number of aliphatic hydroxyl groups is 1. The fourth-order valence-corrected chi connectivity index (χ4v) is 3.86. The van der Waals surface area contributed by atoms with Crippen molar-refractivity contribution in [1.29, 1.82) is 0 Å². The normalized spacial score (nSPS) is 10.3. The fourth-order valence-electron chi connectivity index (χ4n) is 1.93. The van der Waals surface area contributed by atoms with Gasteiger partial charge in [0, 0.05) is 21.6 Å². The Balaban J connectivity index is 1.83. The summed E-state index contributed by atoms with van der Waals surface area (Å²) in [6.07, 6.45) is 1.60. The van der Waals surface area contributed by atoms with Crippen LogP contribution in [0.25, 0.3) is 10.9 Å². The molecular formula is C16H12N2OS2. The number of hydrogen-bond donors (Lipinski definition) is 1. The molecule has 2 aromatic heterocycles. The summed E-state index contributed by atoms with van der Waals surface area (Å²) in [6, 6.07) is 9.99. The van der Waals surface area contributed by atoms with Crippen LogP contribution in [-0.4, -0.2) is 21.7 Å². The van der Waals surface area contributed by atoms with Gasteiger partial charge in [0.15, 0.2) is 0 Å². The van der Waals surface area contributed by atoms with Crippen molar-refractivity contribution in [2.45, 2.75) is 10.8 Å². The van der Waals surface area contributed by atoms with Gasteiger partial charge in [-0.1, -0.05) is 30.0 Å². The third kappa shape index (κ3) is 3.24. The van der Waals surface area contributed by atoms with Crippen LogP contribution in [0.5, 0.6) is 0 Å². The summed E-state index contributed by atoms with van der Waals surface area (Å²) in [7, 11) is 0. The number of hydrogen-bond acceptors (Lipinski definition) is 5. The molecule has 3 rings (SSSR count). The van der Waals surface area contributed by atoms with Crippen molar-refractivity contribution in [3.63, 3.8) is 0 Å². The largest absolute Gasteiger partial charge is 0.384 e. The number of benzene rings is 1. The van der Waals surface area contributed by atoms with Gasteiger partial charge in [-0.25, -0.2) is 9.97 Å². The van der Waals surface area contributed by atoms with Crippen molar-refractivity contribution >= 4 is 34.0 Å². The Bertz CT molecular complexity index is 812. The molecule has 1 aromatic carbocycles. The van der Waals surface area contributed by atoms with E-state index in [0.717, 1.165) is 27.2 Å². The summed E-state index contributed by atoms with van der Waals surface area (Å²) in [6.45, 7) is -0.112. The molecule has 3 nitrogen and oxygen atoms in total. The maximum atomic E-state index is 8.79. The maximum absolute atomic E-state index is 8.79. The summed E-state index contributed by atoms with van der Waals surface area (Å²) >= 11 is 3.36. The second kappa shape index (κ2) is 6.72. The zero-order valence-corrected chi connectivity index (χ0v) is 12.7. The van der Waals surface area contributed by atoms with Gasteiger partial charge in [0.1, 0.15) is 18.0 Å². The Hall–Kier alpha value is -1.87. The third-order valence-electron chi connectivity index (χ3n) is 2.89. The zero-order chi connectivity index (χ0) is 14.5. The van der Waals surface area contributed by atoms with E-state index in [-0.39, 0.29) is 6.61 Å². The van der Waals surface area contributed by atoms with Gasteiger partial charge in [-0.2, -0.15) is 0 Å². The molecule has 0 unspecified atom stereocenters. The molecule has 0 saturated carbocycles. The van der Waals surface area contributed by atoms with Crippen LogP contribution in [-0.2, 0) is 5.75 Å². The SMILES string of the molecule is OCC#Cc1ccsc1CSc1ncnc2ccccc12. The van der Waals surface area contributed by atoms with Crippen molar-refractivity contribution in [3.8, 4) is 11.8 Å². The highest BCUT2D eigenvalue weighted by atomic mass is 32.2. The Morgan fingerprint density at radius 1 is 1.19 bits per heavy atom. The van der Waals surface area contributed by atoms with E-state index in [1.165, 1.54) is 4.88 Å². The average molecular weight is 312 g/mol. The first-order valence-electron chi connectivity index (χ1n) is 6.37. The van der Waals surface area contributed by atoms with Gasteiger partial charge >= 0.3 is 0 Å². The van der Waals surface area contributed by atoms with E-state index in [4.69, 9.17) is 5.11 Å². The van der Waals surface area contributed by atoms with Crippen molar-refractivity contribution in [2.24, 2.45) is 0 Å². The predicted molar refractivity (Wildman–Crippen MR) is 87.4 cm³/mol. The predicted octanol–water partition coefficient (Wildman–Crippen LogP) is 3.33. The van der Waals surface area contributed by atoms with E-state index in [2.05, 4.69) is 21.8 Å². The molecule has 0 amide bonds. The van der Waals surface area contributed by atoms with E-state index < -0.39 is 0 Å². The molecule has 0 aliphatic carbocycles. The van der Waals surface area contributed by atoms with Crippen LogP contribution in [0.3, 0.4) is 0 Å². The molecule has 0 spiro atoms. The highest BCUT2D eigenvalue weighted by Gasteiger charge is 2.07. The lowest BCUT2D eigenvalue weighted by atomic mass is 10.2. The Morgan fingerprint density at radius 3 is 3.00 bits per heavy atom. The van der Waals surface area contributed by atoms with E-state index in [1.54, 1.807) is 29.4 Å². The van der Waals surface area contributed by atoms with Crippen LogP contribution >= 0.6 is 23.1 Å². The van der Waals surface area contributed by atoms with Gasteiger partial charge in [-0.15, -0.1) is 23.1 Å². The zero-order valence-electron chi connectivity index (χ0n) is 11.1. The number of rotatable bonds is 3. The van der Waals surface area contributed by atoms with Gasteiger partial charge in [-0.05, 0) is 17.5 Å². The van der Waals surface area contributed by atoms with Crippen LogP contribution in [0.15, 0.2) is 47.1 Å². The fraction of sp³-hybridized carbons (Fsp3) is 0.125. The first kappa shape index (κ1) is 14.1. The van der Waals surface area contributed by atoms with Crippen LogP contribution < -0.4 is 0 Å². The first-order chi connectivity index (χ1) is 10.4. The molecule has 0 saturated heterocycles. The summed E-state index contributed by atoms with van der Waals surface area (Å²) in [5, 5.41) is 12.9. The first-order valence-corrected chi connectivity index (χ1v) is 8.23. The number of nitrogens with zero attached hydrogens (tertiary/aromatic N) is 2. The molecule has 0 aliphatic heterocycles. The number of aromatic nitrogens is 2. The summed E-state index contributed by atoms with van der Waals surface area (Å²) < 4.78 is 0. The second-order valence-electron chi connectivity index (χ2n) is 4.20. The molecule has 0 fully saturated rings. The minimum absolute atomic E-state index is 0.112. The lowest BCUT2D eigenvalue weighted by molar-refractivity contribution is 0.350. The molecule has 104 valence electrons. The topological polar surface area (TPSA) is 46.0 Å². The monoisotopic (exact) mass is 312 g/mol. The minimum Gasteiger partial charge on any atom is -0.384 e. The number of thioether (sulfide) groups is 1. The van der Waals surface area contributed by atoms with E-state index >= 15 is 0 Å². The smallest absolute Gasteiger partial charge is 0.117 e. The summed E-state index contributed by atoms with van der Waals surface area (Å²) in [4.78, 5) is 9.85. The van der Waals surface area contributed by atoms with Gasteiger partial charge in [-0.3, -0.25) is 0 Å². The summed E-state index contributed by atoms with van der Waals surface area (Å²) in [5.74, 6) is 6.49. The van der Waals surface area contributed by atoms with Crippen LogP contribution in [0.2, 0.25) is 0 Å². The Kier molecular flexibility index (Phi) is 4.51. The van der Waals surface area contributed by atoms with Gasteiger partial charge in [0.25, 0.3) is 0 Å². The van der Waals surface area contributed by atoms with E-state index in [9.17, 15) is 0 Å². The standard InChI is InChI=1S/C16H12N2OS2/c19-8-3-4-12-7-9-20-15(12)10-21-16-13-5-1-2-6-14(13)17-11-18-16/h1-2,5-7,9,11,19H,8,10H2. The molecule has 2 heterocycles. The number of para-hydroxylation sites is 1. The second-order valence-corrected chi connectivity index (χ2v) is 6.17. The number of fused-ring (bicyclic) bond motifs is 1. The van der Waals surface area contributed by atoms with Crippen LogP contribution in [0.1, 0.15) is 10.4 Å². The van der Waals surface area contributed by atoms with Gasteiger partial charge in [0.2, 0.25) is 0 Å². The number of thiophene rings is 1. The van der Waals surface area contributed by atoms with Gasteiger partial charge in [0.05, 0.1) is 5.52 Å². The average Bonchev–Trinajstić information content (AvgIpc) is 2.98. The number of aliphatic hydroxyl groups excluding tert-OH is 1. The Labute approximate surface area is 131 Å². The quantitative estimate of drug-likeness (QED) is 0.458. The van der Waals surface area contributed by atoms with Crippen molar-refractivity contribution in [2.75, 3.05) is 6.61 Å². The molecule has 1 N–H and O–H groups in total. The van der Waals surface area contributed by atoms with Crippen LogP contribution in [0, 0.1) is 11.8 Å².